The lowest BCUT2D eigenvalue weighted by atomic mass is 9.96. The number of guanidine groups is 1. The number of nitrogens with zero attached hydrogens (tertiary/aromatic N) is 2. The van der Waals surface area contributed by atoms with Crippen LogP contribution in [0, 0.1) is 0 Å². The molecule has 0 aromatic heterocycles. The van der Waals surface area contributed by atoms with Crippen LogP contribution in [-0.4, -0.2) is 54.3 Å². The third-order valence-corrected chi connectivity index (χ3v) is 4.43. The molecule has 1 saturated carbocycles. The zero-order chi connectivity index (χ0) is 14.2. The van der Waals surface area contributed by atoms with E-state index < -0.39 is 0 Å². The summed E-state index contributed by atoms with van der Waals surface area (Å²) in [7, 11) is 0. The number of aliphatic hydroxyl groups excluding tert-OH is 1. The Morgan fingerprint density at radius 2 is 1.85 bits per heavy atom. The number of nitrogens with two attached hydrogens (primary N) is 1. The molecule has 1 saturated heterocycles. The molecule has 0 radical (unpaired) electrons. The van der Waals surface area contributed by atoms with Crippen molar-refractivity contribution in [2.45, 2.75) is 63.5 Å². The van der Waals surface area contributed by atoms with E-state index in [1.807, 2.05) is 0 Å². The fourth-order valence-electron chi connectivity index (χ4n) is 3.14. The summed E-state index contributed by atoms with van der Waals surface area (Å²) in [6, 6.07) is 0.538. The van der Waals surface area contributed by atoms with E-state index in [0.717, 1.165) is 45.4 Å². The lowest BCUT2D eigenvalue weighted by Gasteiger charge is -2.29. The van der Waals surface area contributed by atoms with Gasteiger partial charge in [0.25, 0.3) is 0 Å². The normalized spacial score (nSPS) is 23.9. The lowest BCUT2D eigenvalue weighted by Crippen LogP contribution is -2.41. The van der Waals surface area contributed by atoms with Gasteiger partial charge in [-0.25, -0.2) is 0 Å². The summed E-state index contributed by atoms with van der Waals surface area (Å²) < 4.78 is 0. The Labute approximate surface area is 122 Å². The van der Waals surface area contributed by atoms with Crippen LogP contribution in [-0.2, 0) is 0 Å². The molecule has 1 aliphatic carbocycles. The van der Waals surface area contributed by atoms with Crippen LogP contribution in [0.5, 0.6) is 0 Å². The third kappa shape index (κ3) is 5.67. The van der Waals surface area contributed by atoms with Gasteiger partial charge in [0, 0.05) is 25.7 Å². The average molecular weight is 282 g/mol. The fraction of sp³-hybridized carbons (Fsp3) is 0.933. The van der Waals surface area contributed by atoms with Gasteiger partial charge in [-0.2, -0.15) is 0 Å². The number of likely N-dealkylation sites (tertiary alicyclic amines) is 1. The van der Waals surface area contributed by atoms with Gasteiger partial charge in [0.05, 0.1) is 6.10 Å². The molecule has 0 spiro atoms. The second-order valence-corrected chi connectivity index (χ2v) is 6.17. The van der Waals surface area contributed by atoms with Gasteiger partial charge in [-0.15, -0.1) is 0 Å². The maximum absolute atomic E-state index is 9.45. The molecular formula is C15H30N4O. The first-order chi connectivity index (χ1) is 9.74. The van der Waals surface area contributed by atoms with Gasteiger partial charge in [0.1, 0.15) is 0 Å². The summed E-state index contributed by atoms with van der Waals surface area (Å²) >= 11 is 0. The zero-order valence-electron chi connectivity index (χ0n) is 12.6. The van der Waals surface area contributed by atoms with Gasteiger partial charge in [-0.05, 0) is 38.6 Å². The van der Waals surface area contributed by atoms with Crippen LogP contribution in [0.4, 0.5) is 0 Å². The molecule has 0 amide bonds. The maximum Gasteiger partial charge on any atom is 0.188 e. The van der Waals surface area contributed by atoms with Crippen molar-refractivity contribution in [3.63, 3.8) is 0 Å². The van der Waals surface area contributed by atoms with E-state index in [2.05, 4.69) is 15.2 Å². The molecule has 1 heterocycles. The summed E-state index contributed by atoms with van der Waals surface area (Å²) in [6.45, 7) is 3.89. The first kappa shape index (κ1) is 15.6. The number of rotatable bonds is 5. The maximum atomic E-state index is 9.45. The first-order valence-corrected chi connectivity index (χ1v) is 8.21. The second kappa shape index (κ2) is 8.47. The van der Waals surface area contributed by atoms with Gasteiger partial charge >= 0.3 is 0 Å². The van der Waals surface area contributed by atoms with Gasteiger partial charge in [-0.3, -0.25) is 4.99 Å². The number of hydrogen-bond acceptors (Lipinski definition) is 3. The summed E-state index contributed by atoms with van der Waals surface area (Å²) in [4.78, 5) is 6.83. The van der Waals surface area contributed by atoms with Crippen LogP contribution >= 0.6 is 0 Å². The quantitative estimate of drug-likeness (QED) is 0.401. The first-order valence-electron chi connectivity index (χ1n) is 8.21. The Morgan fingerprint density at radius 3 is 2.55 bits per heavy atom. The molecule has 0 unspecified atom stereocenters. The van der Waals surface area contributed by atoms with Crippen molar-refractivity contribution in [1.29, 1.82) is 0 Å². The predicted octanol–water partition coefficient (Wildman–Crippen LogP) is 1.07. The van der Waals surface area contributed by atoms with E-state index in [1.165, 1.54) is 32.1 Å². The standard InChI is InChI=1S/C15H30N4O/c16-15(18-13-5-2-1-3-6-13)17-9-4-10-19-11-7-14(20)8-12-19/h13-14,20H,1-12H2,(H3,16,17,18). The molecule has 0 atom stereocenters. The summed E-state index contributed by atoms with van der Waals surface area (Å²) in [6.07, 6.45) is 9.22. The van der Waals surface area contributed by atoms with Gasteiger partial charge in [0.2, 0.25) is 0 Å². The second-order valence-electron chi connectivity index (χ2n) is 6.17. The van der Waals surface area contributed by atoms with Gasteiger partial charge in [-0.1, -0.05) is 19.3 Å². The topological polar surface area (TPSA) is 73.9 Å². The van der Waals surface area contributed by atoms with Crippen LogP contribution in [0.15, 0.2) is 4.99 Å². The summed E-state index contributed by atoms with van der Waals surface area (Å²) in [5.41, 5.74) is 5.93. The minimum atomic E-state index is -0.0837. The van der Waals surface area contributed by atoms with Gasteiger partial charge < -0.3 is 21.1 Å². The number of nitrogens with one attached hydrogen (secondary N) is 1. The molecule has 4 N–H and O–H groups in total. The van der Waals surface area contributed by atoms with E-state index in [4.69, 9.17) is 5.73 Å². The Bertz CT molecular complexity index is 294. The van der Waals surface area contributed by atoms with Crippen molar-refractivity contribution in [2.24, 2.45) is 10.7 Å². The monoisotopic (exact) mass is 282 g/mol. The SMILES string of the molecule is NC(=NCCCN1CCC(O)CC1)NC1CCCCC1. The average Bonchev–Trinajstić information content (AvgIpc) is 2.46. The molecular weight excluding hydrogens is 252 g/mol. The molecule has 2 rings (SSSR count). The summed E-state index contributed by atoms with van der Waals surface area (Å²) in [5, 5.41) is 12.8. The van der Waals surface area contributed by atoms with Crippen molar-refractivity contribution in [2.75, 3.05) is 26.2 Å². The van der Waals surface area contributed by atoms with Crippen LogP contribution in [0.3, 0.4) is 0 Å². The molecule has 116 valence electrons. The van der Waals surface area contributed by atoms with Crippen LogP contribution in [0.1, 0.15) is 51.4 Å². The molecule has 20 heavy (non-hydrogen) atoms. The fourth-order valence-corrected chi connectivity index (χ4v) is 3.14. The minimum absolute atomic E-state index is 0.0837. The molecule has 2 aliphatic rings. The zero-order valence-corrected chi connectivity index (χ0v) is 12.6. The van der Waals surface area contributed by atoms with Crippen LogP contribution in [0.2, 0.25) is 0 Å². The van der Waals surface area contributed by atoms with E-state index in [9.17, 15) is 5.11 Å². The predicted molar refractivity (Wildman–Crippen MR) is 82.8 cm³/mol. The van der Waals surface area contributed by atoms with Crippen LogP contribution in [0.25, 0.3) is 0 Å². The molecule has 0 aromatic rings. The Morgan fingerprint density at radius 1 is 1.15 bits per heavy atom. The van der Waals surface area contributed by atoms with E-state index in [1.54, 1.807) is 0 Å². The highest BCUT2D eigenvalue weighted by Gasteiger charge is 2.16. The highest BCUT2D eigenvalue weighted by molar-refractivity contribution is 5.78. The van der Waals surface area contributed by atoms with Crippen molar-refractivity contribution in [3.05, 3.63) is 0 Å². The smallest absolute Gasteiger partial charge is 0.188 e. The van der Waals surface area contributed by atoms with Crippen molar-refractivity contribution >= 4 is 5.96 Å². The number of aliphatic imine (C=N–C) groups is 1. The number of aliphatic hydroxyl groups is 1. The van der Waals surface area contributed by atoms with E-state index in [-0.39, 0.29) is 6.10 Å². The Balaban J connectivity index is 1.55. The molecule has 5 nitrogen and oxygen atoms in total. The molecule has 2 fully saturated rings. The molecule has 5 heteroatoms. The van der Waals surface area contributed by atoms with Crippen molar-refractivity contribution < 1.29 is 5.11 Å². The minimum Gasteiger partial charge on any atom is -0.393 e. The highest BCUT2D eigenvalue weighted by atomic mass is 16.3. The van der Waals surface area contributed by atoms with E-state index in [0.29, 0.717) is 12.0 Å². The number of hydrogen-bond donors (Lipinski definition) is 3. The largest absolute Gasteiger partial charge is 0.393 e. The van der Waals surface area contributed by atoms with Crippen molar-refractivity contribution in [1.82, 2.24) is 10.2 Å². The molecule has 0 bridgehead atoms. The highest BCUT2D eigenvalue weighted by Crippen LogP contribution is 2.17. The third-order valence-electron chi connectivity index (χ3n) is 4.43. The lowest BCUT2D eigenvalue weighted by molar-refractivity contribution is 0.0824. The van der Waals surface area contributed by atoms with Crippen LogP contribution < -0.4 is 11.1 Å². The van der Waals surface area contributed by atoms with E-state index >= 15 is 0 Å². The summed E-state index contributed by atoms with van der Waals surface area (Å²) in [5.74, 6) is 0.617. The van der Waals surface area contributed by atoms with Crippen molar-refractivity contribution in [3.8, 4) is 0 Å². The Hall–Kier alpha value is -0.810. The van der Waals surface area contributed by atoms with Gasteiger partial charge in [0.15, 0.2) is 5.96 Å². The molecule has 1 aliphatic heterocycles. The Kier molecular flexibility index (Phi) is 6.60. The number of piperidine rings is 1. The molecule has 0 aromatic carbocycles.